The number of aryl methyl sites for hydroxylation is 1. The van der Waals surface area contributed by atoms with Crippen molar-refractivity contribution in [2.45, 2.75) is 13.5 Å². The minimum atomic E-state index is -0.503. The van der Waals surface area contributed by atoms with E-state index in [9.17, 15) is 4.79 Å². The molecule has 132 valence electrons. The van der Waals surface area contributed by atoms with Crippen molar-refractivity contribution >= 4 is 39.5 Å². The molecule has 0 aliphatic heterocycles. The van der Waals surface area contributed by atoms with E-state index in [4.69, 9.17) is 10.7 Å². The fourth-order valence-electron chi connectivity index (χ4n) is 3.15. The number of fused-ring (bicyclic) bond motifs is 3. The van der Waals surface area contributed by atoms with E-state index in [1.807, 2.05) is 34.9 Å². The number of benzene rings is 1. The Kier molecular flexibility index (Phi) is 4.10. The number of hydrogen-bond donors (Lipinski definition) is 2. The Hall–Kier alpha value is -2.90. The van der Waals surface area contributed by atoms with Crippen molar-refractivity contribution in [1.29, 1.82) is 0 Å². The molecule has 0 radical (unpaired) electrons. The first kappa shape index (κ1) is 16.6. The predicted octanol–water partition coefficient (Wildman–Crippen LogP) is 4.16. The predicted molar refractivity (Wildman–Crippen MR) is 105 cm³/mol. The number of nitrogens with zero attached hydrogens (tertiary/aromatic N) is 2. The van der Waals surface area contributed by atoms with Crippen LogP contribution in [0, 0.1) is 6.92 Å². The van der Waals surface area contributed by atoms with Crippen LogP contribution in [0.3, 0.4) is 0 Å². The zero-order valence-corrected chi connectivity index (χ0v) is 15.3. The van der Waals surface area contributed by atoms with Gasteiger partial charge in [0.05, 0.1) is 18.5 Å². The third-order valence-corrected chi connectivity index (χ3v) is 5.29. The van der Waals surface area contributed by atoms with E-state index in [1.165, 1.54) is 12.0 Å². The lowest BCUT2D eigenvalue weighted by molar-refractivity contribution is 0.187. The average molecular weight is 366 g/mol. The van der Waals surface area contributed by atoms with Gasteiger partial charge in [0.2, 0.25) is 0 Å². The van der Waals surface area contributed by atoms with Crippen LogP contribution in [-0.4, -0.2) is 22.6 Å². The van der Waals surface area contributed by atoms with Crippen molar-refractivity contribution in [3.63, 3.8) is 0 Å². The zero-order chi connectivity index (χ0) is 18.3. The highest BCUT2D eigenvalue weighted by molar-refractivity contribution is 7.10. The molecule has 0 unspecified atom stereocenters. The maximum Gasteiger partial charge on any atom is 0.411 e. The van der Waals surface area contributed by atoms with E-state index in [0.717, 1.165) is 33.4 Å². The summed E-state index contributed by atoms with van der Waals surface area (Å²) in [4.78, 5) is 17.6. The number of anilines is 1. The van der Waals surface area contributed by atoms with Crippen LogP contribution < -0.4 is 11.1 Å². The topological polar surface area (TPSA) is 81.6 Å². The Balaban J connectivity index is 1.97. The van der Waals surface area contributed by atoms with E-state index in [1.54, 1.807) is 11.3 Å². The number of carbonyl (C=O) groups excluding carboxylic acids is 1. The van der Waals surface area contributed by atoms with Crippen molar-refractivity contribution in [1.82, 2.24) is 9.38 Å². The smallest absolute Gasteiger partial charge is 0.411 e. The second kappa shape index (κ2) is 6.44. The molecule has 0 fully saturated rings. The van der Waals surface area contributed by atoms with Crippen LogP contribution in [0.1, 0.15) is 10.6 Å². The molecule has 0 bridgehead atoms. The largest absolute Gasteiger partial charge is 0.453 e. The Morgan fingerprint density at radius 3 is 2.88 bits per heavy atom. The minimum absolute atomic E-state index is 0.386. The monoisotopic (exact) mass is 366 g/mol. The van der Waals surface area contributed by atoms with Gasteiger partial charge in [0.1, 0.15) is 5.65 Å². The van der Waals surface area contributed by atoms with Gasteiger partial charge in [-0.15, -0.1) is 11.3 Å². The first-order valence-corrected chi connectivity index (χ1v) is 9.03. The van der Waals surface area contributed by atoms with Crippen LogP contribution in [0.4, 0.5) is 10.5 Å². The number of methoxy groups -OCH3 is 1. The summed E-state index contributed by atoms with van der Waals surface area (Å²) in [5.41, 5.74) is 10.5. The molecule has 4 aromatic rings. The lowest BCUT2D eigenvalue weighted by Gasteiger charge is -2.07. The fourth-order valence-corrected chi connectivity index (χ4v) is 3.85. The van der Waals surface area contributed by atoms with Crippen molar-refractivity contribution in [3.8, 4) is 11.3 Å². The van der Waals surface area contributed by atoms with Gasteiger partial charge >= 0.3 is 6.09 Å². The molecule has 0 atom stereocenters. The van der Waals surface area contributed by atoms with Gasteiger partial charge in [-0.25, -0.2) is 9.78 Å². The van der Waals surface area contributed by atoms with Gasteiger partial charge in [-0.2, -0.15) is 0 Å². The van der Waals surface area contributed by atoms with Crippen molar-refractivity contribution < 1.29 is 9.53 Å². The van der Waals surface area contributed by atoms with E-state index in [-0.39, 0.29) is 0 Å². The summed E-state index contributed by atoms with van der Waals surface area (Å²) >= 11 is 1.69. The third kappa shape index (κ3) is 2.61. The van der Waals surface area contributed by atoms with Crippen molar-refractivity contribution in [2.75, 3.05) is 12.4 Å². The Morgan fingerprint density at radius 1 is 1.35 bits per heavy atom. The van der Waals surface area contributed by atoms with E-state index in [0.29, 0.717) is 12.2 Å². The molecule has 0 spiro atoms. The number of nitrogens with one attached hydrogen (secondary N) is 1. The average Bonchev–Trinajstić information content (AvgIpc) is 3.24. The number of carbonyl (C=O) groups is 1. The van der Waals surface area contributed by atoms with Gasteiger partial charge in [0, 0.05) is 34.3 Å². The maximum atomic E-state index is 11.5. The molecule has 0 aliphatic rings. The van der Waals surface area contributed by atoms with Crippen LogP contribution in [0.5, 0.6) is 0 Å². The molecule has 0 saturated carbocycles. The van der Waals surface area contributed by atoms with Crippen LogP contribution in [0.15, 0.2) is 41.9 Å². The molecular formula is C19H18N4O2S. The number of rotatable bonds is 3. The number of pyridine rings is 1. The molecule has 3 aromatic heterocycles. The molecule has 6 nitrogen and oxygen atoms in total. The fraction of sp³-hybridized carbons (Fsp3) is 0.158. The first-order chi connectivity index (χ1) is 12.6. The van der Waals surface area contributed by atoms with Gasteiger partial charge in [-0.05, 0) is 42.0 Å². The van der Waals surface area contributed by atoms with Gasteiger partial charge in [0.15, 0.2) is 0 Å². The molecule has 4 rings (SSSR count). The van der Waals surface area contributed by atoms with Gasteiger partial charge < -0.3 is 14.9 Å². The van der Waals surface area contributed by atoms with E-state index in [2.05, 4.69) is 28.4 Å². The van der Waals surface area contributed by atoms with Crippen LogP contribution in [0.2, 0.25) is 0 Å². The molecule has 26 heavy (non-hydrogen) atoms. The minimum Gasteiger partial charge on any atom is -0.453 e. The number of thiophene rings is 1. The van der Waals surface area contributed by atoms with Gasteiger partial charge in [-0.3, -0.25) is 5.32 Å². The number of nitrogens with two attached hydrogens (primary N) is 1. The molecule has 0 saturated heterocycles. The number of hydrogen-bond acceptors (Lipinski definition) is 5. The summed E-state index contributed by atoms with van der Waals surface area (Å²) in [5.74, 6) is 0. The summed E-state index contributed by atoms with van der Waals surface area (Å²) in [6, 6.07) is 9.79. The maximum absolute atomic E-state index is 11.5. The molecule has 1 aromatic carbocycles. The highest BCUT2D eigenvalue weighted by Crippen LogP contribution is 2.33. The van der Waals surface area contributed by atoms with E-state index < -0.39 is 6.09 Å². The van der Waals surface area contributed by atoms with Crippen LogP contribution in [0.25, 0.3) is 27.7 Å². The normalized spacial score (nSPS) is 11.2. The number of amides is 1. The summed E-state index contributed by atoms with van der Waals surface area (Å²) < 4.78 is 6.69. The number of imidazole rings is 1. The number of aromatic nitrogens is 2. The van der Waals surface area contributed by atoms with Gasteiger partial charge in [0.25, 0.3) is 0 Å². The Labute approximate surface area is 154 Å². The first-order valence-electron chi connectivity index (χ1n) is 8.15. The molecule has 3 N–H and O–H groups in total. The van der Waals surface area contributed by atoms with Crippen molar-refractivity contribution in [3.05, 3.63) is 52.5 Å². The van der Waals surface area contributed by atoms with Crippen LogP contribution in [-0.2, 0) is 11.3 Å². The molecule has 3 heterocycles. The standard InChI is InChI=1S/C19H18N4O2S/c1-11-14(6-8-26-11)17-16(10-20)23-7-5-12-3-4-13(21-19(24)25-2)9-15(12)18(23)22-17/h3-9H,10,20H2,1-2H3,(H,21,24). The van der Waals surface area contributed by atoms with Crippen LogP contribution >= 0.6 is 11.3 Å². The zero-order valence-electron chi connectivity index (χ0n) is 14.4. The number of ether oxygens (including phenoxy) is 1. The molecule has 7 heteroatoms. The Morgan fingerprint density at radius 2 is 2.19 bits per heavy atom. The molecule has 0 aliphatic carbocycles. The lowest BCUT2D eigenvalue weighted by atomic mass is 10.1. The SMILES string of the molecule is COC(=O)Nc1ccc2ccn3c(CN)c(-c4ccsc4C)nc3c2c1. The second-order valence-corrected chi connectivity index (χ2v) is 7.05. The Bertz CT molecular complexity index is 1130. The third-order valence-electron chi connectivity index (χ3n) is 4.45. The summed E-state index contributed by atoms with van der Waals surface area (Å²) in [5, 5.41) is 6.74. The van der Waals surface area contributed by atoms with E-state index >= 15 is 0 Å². The van der Waals surface area contributed by atoms with Crippen molar-refractivity contribution in [2.24, 2.45) is 5.73 Å². The molecular weight excluding hydrogens is 348 g/mol. The molecule has 1 amide bonds. The summed E-state index contributed by atoms with van der Waals surface area (Å²) in [6.45, 7) is 2.47. The highest BCUT2D eigenvalue weighted by atomic mass is 32.1. The summed E-state index contributed by atoms with van der Waals surface area (Å²) in [7, 11) is 1.34. The lowest BCUT2D eigenvalue weighted by Crippen LogP contribution is -2.10. The highest BCUT2D eigenvalue weighted by Gasteiger charge is 2.17. The second-order valence-electron chi connectivity index (χ2n) is 5.93. The quantitative estimate of drug-likeness (QED) is 0.570. The summed E-state index contributed by atoms with van der Waals surface area (Å²) in [6.07, 6.45) is 1.49. The van der Waals surface area contributed by atoms with Gasteiger partial charge in [-0.1, -0.05) is 6.07 Å².